The van der Waals surface area contributed by atoms with Crippen molar-refractivity contribution in [3.63, 3.8) is 0 Å². The molecular weight excluding hydrogens is 342 g/mol. The molecule has 0 N–H and O–H groups in total. The van der Waals surface area contributed by atoms with Crippen molar-refractivity contribution in [2.45, 2.75) is 13.5 Å². The summed E-state index contributed by atoms with van der Waals surface area (Å²) in [5, 5.41) is 4.11. The molecule has 0 saturated carbocycles. The van der Waals surface area contributed by atoms with Crippen LogP contribution in [-0.4, -0.2) is 53.3 Å². The molecule has 1 fully saturated rings. The number of aromatic nitrogens is 3. The van der Waals surface area contributed by atoms with Crippen LogP contribution in [0.25, 0.3) is 11.4 Å². The van der Waals surface area contributed by atoms with Gasteiger partial charge in [-0.25, -0.2) is 4.98 Å². The number of benzene rings is 1. The van der Waals surface area contributed by atoms with Crippen molar-refractivity contribution in [2.75, 3.05) is 38.2 Å². The van der Waals surface area contributed by atoms with Crippen molar-refractivity contribution in [3.05, 3.63) is 54.0 Å². The molecule has 7 heteroatoms. The molecule has 0 atom stereocenters. The molecule has 0 amide bonds. The molecule has 4 rings (SSSR count). The van der Waals surface area contributed by atoms with Crippen LogP contribution in [0.3, 0.4) is 0 Å². The van der Waals surface area contributed by atoms with Gasteiger partial charge in [-0.1, -0.05) is 11.2 Å². The van der Waals surface area contributed by atoms with Gasteiger partial charge in [0, 0.05) is 37.4 Å². The minimum absolute atomic E-state index is 0.607. The minimum atomic E-state index is 0.607. The van der Waals surface area contributed by atoms with Crippen molar-refractivity contribution in [3.8, 4) is 17.1 Å². The number of rotatable bonds is 5. The highest BCUT2D eigenvalue weighted by atomic mass is 16.5. The van der Waals surface area contributed by atoms with Gasteiger partial charge in [0.15, 0.2) is 0 Å². The first-order chi connectivity index (χ1) is 13.2. The van der Waals surface area contributed by atoms with Crippen LogP contribution in [0, 0.1) is 6.92 Å². The summed E-state index contributed by atoms with van der Waals surface area (Å²) < 4.78 is 10.6. The van der Waals surface area contributed by atoms with Gasteiger partial charge in [-0.3, -0.25) is 4.90 Å². The summed E-state index contributed by atoms with van der Waals surface area (Å²) in [6, 6.07) is 13.8. The maximum absolute atomic E-state index is 5.45. The summed E-state index contributed by atoms with van der Waals surface area (Å²) in [6.45, 7) is 6.45. The summed E-state index contributed by atoms with van der Waals surface area (Å²) >= 11 is 0. The summed E-state index contributed by atoms with van der Waals surface area (Å²) in [7, 11) is 1.65. The van der Waals surface area contributed by atoms with Crippen molar-refractivity contribution >= 4 is 5.82 Å². The van der Waals surface area contributed by atoms with E-state index < -0.39 is 0 Å². The number of ether oxygens (including phenoxy) is 1. The van der Waals surface area contributed by atoms with Gasteiger partial charge < -0.3 is 14.2 Å². The maximum Gasteiger partial charge on any atom is 0.241 e. The van der Waals surface area contributed by atoms with Crippen LogP contribution < -0.4 is 9.64 Å². The molecule has 0 unspecified atom stereocenters. The highest BCUT2D eigenvalue weighted by Crippen LogP contribution is 2.20. The first-order valence-corrected chi connectivity index (χ1v) is 9.09. The van der Waals surface area contributed by atoms with E-state index in [-0.39, 0.29) is 0 Å². The summed E-state index contributed by atoms with van der Waals surface area (Å²) in [6.07, 6.45) is 0. The predicted molar refractivity (Wildman–Crippen MR) is 103 cm³/mol. The lowest BCUT2D eigenvalue weighted by Crippen LogP contribution is -2.46. The summed E-state index contributed by atoms with van der Waals surface area (Å²) in [5.74, 6) is 3.11. The molecular formula is C20H23N5O2. The molecule has 1 saturated heterocycles. The second-order valence-electron chi connectivity index (χ2n) is 6.64. The van der Waals surface area contributed by atoms with E-state index in [0.717, 1.165) is 49.0 Å². The number of hydrogen-bond donors (Lipinski definition) is 0. The van der Waals surface area contributed by atoms with E-state index in [1.54, 1.807) is 7.11 Å². The molecule has 2 aromatic heterocycles. The first-order valence-electron chi connectivity index (χ1n) is 9.09. The number of piperazine rings is 1. The number of methoxy groups -OCH3 is 1. The number of anilines is 1. The van der Waals surface area contributed by atoms with E-state index in [0.29, 0.717) is 18.3 Å². The van der Waals surface area contributed by atoms with Gasteiger partial charge in [0.2, 0.25) is 11.7 Å². The van der Waals surface area contributed by atoms with E-state index in [1.807, 2.05) is 37.3 Å². The molecule has 0 bridgehead atoms. The molecule has 27 heavy (non-hydrogen) atoms. The number of pyridine rings is 1. The molecule has 3 heterocycles. The van der Waals surface area contributed by atoms with E-state index in [1.165, 1.54) is 0 Å². The lowest BCUT2D eigenvalue weighted by atomic mass is 10.2. The predicted octanol–water partition coefficient (Wildman–Crippen LogP) is 2.77. The van der Waals surface area contributed by atoms with Crippen molar-refractivity contribution < 1.29 is 9.26 Å². The molecule has 7 nitrogen and oxygen atoms in total. The van der Waals surface area contributed by atoms with Gasteiger partial charge in [-0.05, 0) is 43.3 Å². The van der Waals surface area contributed by atoms with Crippen LogP contribution in [0.5, 0.6) is 5.75 Å². The van der Waals surface area contributed by atoms with Crippen LogP contribution in [0.2, 0.25) is 0 Å². The number of nitrogens with zero attached hydrogens (tertiary/aromatic N) is 5. The van der Waals surface area contributed by atoms with Crippen molar-refractivity contribution in [1.82, 2.24) is 20.0 Å². The third-order valence-electron chi connectivity index (χ3n) is 4.75. The molecule has 1 aliphatic heterocycles. The fraction of sp³-hybridized carbons (Fsp3) is 0.350. The molecule has 0 radical (unpaired) electrons. The zero-order chi connectivity index (χ0) is 18.6. The van der Waals surface area contributed by atoms with Gasteiger partial charge in [0.05, 0.1) is 13.7 Å². The zero-order valence-corrected chi connectivity index (χ0v) is 15.6. The molecule has 0 aliphatic carbocycles. The Morgan fingerprint density at radius 1 is 1.00 bits per heavy atom. The first kappa shape index (κ1) is 17.5. The fourth-order valence-corrected chi connectivity index (χ4v) is 3.21. The van der Waals surface area contributed by atoms with E-state index in [4.69, 9.17) is 9.26 Å². The Hall–Kier alpha value is -2.93. The van der Waals surface area contributed by atoms with Crippen LogP contribution in [-0.2, 0) is 6.54 Å². The largest absolute Gasteiger partial charge is 0.497 e. The Morgan fingerprint density at radius 2 is 1.78 bits per heavy atom. The lowest BCUT2D eigenvalue weighted by Gasteiger charge is -2.34. The lowest BCUT2D eigenvalue weighted by molar-refractivity contribution is 0.215. The second kappa shape index (κ2) is 7.75. The highest BCUT2D eigenvalue weighted by Gasteiger charge is 2.20. The van der Waals surface area contributed by atoms with Crippen LogP contribution in [0.4, 0.5) is 5.82 Å². The number of hydrogen-bond acceptors (Lipinski definition) is 7. The van der Waals surface area contributed by atoms with Gasteiger partial charge in [0.25, 0.3) is 0 Å². The molecule has 0 spiro atoms. The van der Waals surface area contributed by atoms with Crippen molar-refractivity contribution in [2.24, 2.45) is 0 Å². The van der Waals surface area contributed by atoms with Crippen LogP contribution in [0.15, 0.2) is 47.0 Å². The van der Waals surface area contributed by atoms with Gasteiger partial charge in [-0.2, -0.15) is 4.98 Å². The Labute approximate surface area is 158 Å². The van der Waals surface area contributed by atoms with Crippen molar-refractivity contribution in [1.29, 1.82) is 0 Å². The Balaban J connectivity index is 1.35. The van der Waals surface area contributed by atoms with E-state index in [9.17, 15) is 0 Å². The molecule has 3 aromatic rings. The minimum Gasteiger partial charge on any atom is -0.497 e. The monoisotopic (exact) mass is 365 g/mol. The van der Waals surface area contributed by atoms with Gasteiger partial charge in [-0.15, -0.1) is 0 Å². The average molecular weight is 365 g/mol. The standard InChI is InChI=1S/C20H23N5O2/c1-15-4-3-5-18(21-15)25-12-10-24(11-13-25)14-19-22-20(23-27-19)16-6-8-17(26-2)9-7-16/h3-9H,10-14H2,1-2H3. The number of aryl methyl sites for hydroxylation is 1. The van der Waals surface area contributed by atoms with E-state index in [2.05, 4.69) is 37.1 Å². The molecule has 140 valence electrons. The zero-order valence-electron chi connectivity index (χ0n) is 15.6. The Bertz CT molecular complexity index is 885. The molecule has 1 aliphatic rings. The normalized spacial score (nSPS) is 15.1. The molecule has 1 aromatic carbocycles. The Morgan fingerprint density at radius 3 is 2.48 bits per heavy atom. The third kappa shape index (κ3) is 4.09. The quantitative estimate of drug-likeness (QED) is 0.689. The smallest absolute Gasteiger partial charge is 0.241 e. The van der Waals surface area contributed by atoms with E-state index >= 15 is 0 Å². The Kier molecular flexibility index (Phi) is 5.02. The van der Waals surface area contributed by atoms with Crippen LogP contribution in [0.1, 0.15) is 11.6 Å². The van der Waals surface area contributed by atoms with Crippen LogP contribution >= 0.6 is 0 Å². The second-order valence-corrected chi connectivity index (χ2v) is 6.64. The average Bonchev–Trinajstić information content (AvgIpc) is 3.17. The van der Waals surface area contributed by atoms with Gasteiger partial charge >= 0.3 is 0 Å². The maximum atomic E-state index is 5.45. The SMILES string of the molecule is COc1ccc(-c2noc(CN3CCN(c4cccc(C)n4)CC3)n2)cc1. The highest BCUT2D eigenvalue weighted by molar-refractivity contribution is 5.55. The topological polar surface area (TPSA) is 67.5 Å². The third-order valence-corrected chi connectivity index (χ3v) is 4.75. The summed E-state index contributed by atoms with van der Waals surface area (Å²) in [5.41, 5.74) is 1.97. The fourth-order valence-electron chi connectivity index (χ4n) is 3.21. The summed E-state index contributed by atoms with van der Waals surface area (Å²) in [4.78, 5) is 13.8. The van der Waals surface area contributed by atoms with Gasteiger partial charge in [0.1, 0.15) is 11.6 Å².